The van der Waals surface area contributed by atoms with Crippen LogP contribution in [0.4, 0.5) is 0 Å². The molecule has 84 valence electrons. The van der Waals surface area contributed by atoms with Gasteiger partial charge in [0.2, 0.25) is 0 Å². The highest BCUT2D eigenvalue weighted by atomic mass is 16.5. The lowest BCUT2D eigenvalue weighted by Gasteiger charge is -2.06. The molecule has 2 aliphatic carbocycles. The minimum atomic E-state index is 0.777. The Morgan fingerprint density at radius 2 is 1.80 bits per heavy atom. The topological polar surface area (TPSA) is 18.5 Å². The summed E-state index contributed by atoms with van der Waals surface area (Å²) in [4.78, 5) is 0. The van der Waals surface area contributed by atoms with Crippen LogP contribution in [0.5, 0.6) is 0 Å². The molecule has 1 saturated carbocycles. The van der Waals surface area contributed by atoms with E-state index < -0.39 is 0 Å². The van der Waals surface area contributed by atoms with Crippen molar-refractivity contribution in [1.82, 2.24) is 0 Å². The second-order valence-electron chi connectivity index (χ2n) is 4.42. The Morgan fingerprint density at radius 1 is 1.13 bits per heavy atom. The van der Waals surface area contributed by atoms with Gasteiger partial charge in [0, 0.05) is 13.2 Å². The second kappa shape index (κ2) is 5.47. The number of hydrogen-bond donors (Lipinski definition) is 0. The predicted molar refractivity (Wildman–Crippen MR) is 60.8 cm³/mol. The summed E-state index contributed by atoms with van der Waals surface area (Å²) < 4.78 is 11.0. The van der Waals surface area contributed by atoms with Crippen LogP contribution in [0.1, 0.15) is 26.2 Å². The molecule has 0 aliphatic heterocycles. The zero-order valence-electron chi connectivity index (χ0n) is 9.50. The standard InChI is InChI=1S/C13H20O2/c1-2-14-9-12-5-6-13(7-12)10-15-8-11-3-4-11/h5-6,11H,2-4,7-10H2,1H3. The van der Waals surface area contributed by atoms with Crippen molar-refractivity contribution in [2.24, 2.45) is 5.92 Å². The second-order valence-corrected chi connectivity index (χ2v) is 4.42. The highest BCUT2D eigenvalue weighted by Crippen LogP contribution is 2.29. The molecule has 2 aliphatic rings. The Hall–Kier alpha value is -0.600. The largest absolute Gasteiger partial charge is 0.377 e. The highest BCUT2D eigenvalue weighted by molar-refractivity contribution is 5.31. The molecule has 0 atom stereocenters. The third kappa shape index (κ3) is 3.80. The SMILES string of the molecule is CCOCC1=CC=C(COCC2CC2)C1. The first-order chi connectivity index (χ1) is 7.38. The maximum absolute atomic E-state index is 5.65. The van der Waals surface area contributed by atoms with Gasteiger partial charge in [-0.2, -0.15) is 0 Å². The van der Waals surface area contributed by atoms with Gasteiger partial charge in [-0.05, 0) is 43.3 Å². The molecule has 0 amide bonds. The Balaban J connectivity index is 1.57. The van der Waals surface area contributed by atoms with Crippen LogP contribution >= 0.6 is 0 Å². The molecule has 0 N–H and O–H groups in total. The lowest BCUT2D eigenvalue weighted by atomic mass is 10.2. The molecule has 0 heterocycles. The molecule has 1 fully saturated rings. The van der Waals surface area contributed by atoms with Crippen LogP contribution < -0.4 is 0 Å². The number of allylic oxidation sites excluding steroid dienone is 2. The molecule has 0 bridgehead atoms. The molecule has 15 heavy (non-hydrogen) atoms. The van der Waals surface area contributed by atoms with Crippen LogP contribution in [0.3, 0.4) is 0 Å². The van der Waals surface area contributed by atoms with E-state index in [9.17, 15) is 0 Å². The Labute approximate surface area is 92.0 Å². The molecule has 0 aromatic rings. The van der Waals surface area contributed by atoms with Crippen LogP contribution in [0.15, 0.2) is 23.3 Å². The monoisotopic (exact) mass is 208 g/mol. The lowest BCUT2D eigenvalue weighted by molar-refractivity contribution is 0.143. The predicted octanol–water partition coefficient (Wildman–Crippen LogP) is 2.71. The van der Waals surface area contributed by atoms with Crippen molar-refractivity contribution < 1.29 is 9.47 Å². The Bertz CT molecular complexity index is 262. The Kier molecular flexibility index (Phi) is 3.98. The lowest BCUT2D eigenvalue weighted by Crippen LogP contribution is -2.02. The zero-order valence-corrected chi connectivity index (χ0v) is 9.50. The molecule has 0 aromatic heterocycles. The van der Waals surface area contributed by atoms with Gasteiger partial charge < -0.3 is 9.47 Å². The van der Waals surface area contributed by atoms with E-state index >= 15 is 0 Å². The third-order valence-electron chi connectivity index (χ3n) is 2.84. The van der Waals surface area contributed by atoms with Crippen molar-refractivity contribution in [2.45, 2.75) is 26.2 Å². The molecule has 2 nitrogen and oxygen atoms in total. The average molecular weight is 208 g/mol. The van der Waals surface area contributed by atoms with E-state index in [4.69, 9.17) is 9.47 Å². The fourth-order valence-corrected chi connectivity index (χ4v) is 1.72. The molecule has 0 radical (unpaired) electrons. The smallest absolute Gasteiger partial charge is 0.0683 e. The van der Waals surface area contributed by atoms with Crippen LogP contribution in [0.25, 0.3) is 0 Å². The molecule has 2 rings (SSSR count). The van der Waals surface area contributed by atoms with Crippen molar-refractivity contribution in [3.05, 3.63) is 23.3 Å². The summed E-state index contributed by atoms with van der Waals surface area (Å²) in [7, 11) is 0. The van der Waals surface area contributed by atoms with Crippen LogP contribution in [-0.4, -0.2) is 26.4 Å². The average Bonchev–Trinajstić information content (AvgIpc) is 2.95. The maximum Gasteiger partial charge on any atom is 0.0683 e. The maximum atomic E-state index is 5.65. The van der Waals surface area contributed by atoms with Crippen molar-refractivity contribution >= 4 is 0 Å². The van der Waals surface area contributed by atoms with Crippen LogP contribution in [-0.2, 0) is 9.47 Å². The molecule has 2 heteroatoms. The van der Waals surface area contributed by atoms with Gasteiger partial charge in [-0.3, -0.25) is 0 Å². The van der Waals surface area contributed by atoms with Gasteiger partial charge in [0.25, 0.3) is 0 Å². The Morgan fingerprint density at radius 3 is 2.40 bits per heavy atom. The summed E-state index contributed by atoms with van der Waals surface area (Å²) in [5, 5.41) is 0. The van der Waals surface area contributed by atoms with Crippen molar-refractivity contribution in [2.75, 3.05) is 26.4 Å². The number of ether oxygens (including phenoxy) is 2. The van der Waals surface area contributed by atoms with Crippen LogP contribution in [0, 0.1) is 5.92 Å². The summed E-state index contributed by atoms with van der Waals surface area (Å²) in [5.41, 5.74) is 2.77. The highest BCUT2D eigenvalue weighted by Gasteiger charge is 2.21. The first-order valence-electron chi connectivity index (χ1n) is 5.91. The molecule has 0 unspecified atom stereocenters. The molecule has 0 spiro atoms. The summed E-state index contributed by atoms with van der Waals surface area (Å²) in [5.74, 6) is 0.864. The van der Waals surface area contributed by atoms with E-state index in [-0.39, 0.29) is 0 Å². The van der Waals surface area contributed by atoms with E-state index in [1.165, 1.54) is 24.0 Å². The van der Waals surface area contributed by atoms with Crippen molar-refractivity contribution in [3.8, 4) is 0 Å². The van der Waals surface area contributed by atoms with Gasteiger partial charge in [0.15, 0.2) is 0 Å². The third-order valence-corrected chi connectivity index (χ3v) is 2.84. The van der Waals surface area contributed by atoms with Gasteiger partial charge in [-0.1, -0.05) is 12.2 Å². The summed E-state index contributed by atoms with van der Waals surface area (Å²) >= 11 is 0. The van der Waals surface area contributed by atoms with Gasteiger partial charge in [-0.25, -0.2) is 0 Å². The minimum absolute atomic E-state index is 0.777. The van der Waals surface area contributed by atoms with Gasteiger partial charge in [0.05, 0.1) is 13.2 Å². The molecule has 0 aromatic carbocycles. The minimum Gasteiger partial charge on any atom is -0.377 e. The number of rotatable bonds is 7. The molecular weight excluding hydrogens is 188 g/mol. The van der Waals surface area contributed by atoms with Gasteiger partial charge >= 0.3 is 0 Å². The molecular formula is C13H20O2. The molecule has 0 saturated heterocycles. The van der Waals surface area contributed by atoms with Gasteiger partial charge in [0.1, 0.15) is 0 Å². The number of hydrogen-bond acceptors (Lipinski definition) is 2. The van der Waals surface area contributed by atoms with E-state index in [0.717, 1.165) is 38.8 Å². The van der Waals surface area contributed by atoms with Crippen molar-refractivity contribution in [3.63, 3.8) is 0 Å². The van der Waals surface area contributed by atoms with E-state index in [1.54, 1.807) is 0 Å². The quantitative estimate of drug-likeness (QED) is 0.640. The van der Waals surface area contributed by atoms with Crippen molar-refractivity contribution in [1.29, 1.82) is 0 Å². The van der Waals surface area contributed by atoms with Crippen LogP contribution in [0.2, 0.25) is 0 Å². The first kappa shape index (κ1) is 10.9. The normalized spacial score (nSPS) is 20.3. The summed E-state index contributed by atoms with van der Waals surface area (Å²) in [6, 6.07) is 0. The fourth-order valence-electron chi connectivity index (χ4n) is 1.72. The van der Waals surface area contributed by atoms with E-state index in [2.05, 4.69) is 12.2 Å². The fraction of sp³-hybridized carbons (Fsp3) is 0.692. The zero-order chi connectivity index (χ0) is 10.5. The summed E-state index contributed by atoms with van der Waals surface area (Å²) in [6.45, 7) is 5.37. The van der Waals surface area contributed by atoms with Gasteiger partial charge in [-0.15, -0.1) is 0 Å². The first-order valence-corrected chi connectivity index (χ1v) is 5.91. The van der Waals surface area contributed by atoms with E-state index in [1.807, 2.05) is 6.92 Å². The summed E-state index contributed by atoms with van der Waals surface area (Å²) in [6.07, 6.45) is 8.14. The van der Waals surface area contributed by atoms with E-state index in [0.29, 0.717) is 0 Å².